The Morgan fingerprint density at radius 2 is 1.33 bits per heavy atom. The number of ketones is 2. The number of methoxy groups -OCH3 is 3. The van der Waals surface area contributed by atoms with Crippen LogP contribution in [0.2, 0.25) is 0 Å². The van der Waals surface area contributed by atoms with Gasteiger partial charge in [0.05, 0.1) is 32.5 Å². The number of benzene rings is 2. The van der Waals surface area contributed by atoms with Crippen LogP contribution in [0.1, 0.15) is 37.4 Å². The molecule has 0 bridgehead atoms. The molecule has 3 rings (SSSR count). The summed E-state index contributed by atoms with van der Waals surface area (Å²) in [5.41, 5.74) is 1.42. The van der Waals surface area contributed by atoms with Gasteiger partial charge in [0.15, 0.2) is 23.1 Å². The van der Waals surface area contributed by atoms with Crippen LogP contribution >= 0.6 is 0 Å². The monoisotopic (exact) mass is 328 g/mol. The fourth-order valence-corrected chi connectivity index (χ4v) is 3.00. The maximum atomic E-state index is 13.0. The summed E-state index contributed by atoms with van der Waals surface area (Å²) in [6, 6.07) is 5.02. The molecule has 0 aliphatic heterocycles. The highest BCUT2D eigenvalue weighted by molar-refractivity contribution is 6.31. The molecule has 2 aromatic rings. The van der Waals surface area contributed by atoms with E-state index in [0.717, 1.165) is 5.56 Å². The third kappa shape index (κ3) is 1.96. The zero-order valence-corrected chi connectivity index (χ0v) is 13.7. The number of aryl methyl sites for hydroxylation is 1. The average Bonchev–Trinajstić information content (AvgIpc) is 2.58. The van der Waals surface area contributed by atoms with Crippen molar-refractivity contribution >= 4 is 11.6 Å². The molecule has 0 spiro atoms. The van der Waals surface area contributed by atoms with Crippen molar-refractivity contribution in [3.8, 4) is 23.0 Å². The summed E-state index contributed by atoms with van der Waals surface area (Å²) >= 11 is 0. The molecule has 2 aromatic carbocycles. The summed E-state index contributed by atoms with van der Waals surface area (Å²) in [5.74, 6) is -1.31. The van der Waals surface area contributed by atoms with E-state index < -0.39 is 5.78 Å². The van der Waals surface area contributed by atoms with Crippen molar-refractivity contribution in [3.63, 3.8) is 0 Å². The van der Waals surface area contributed by atoms with Crippen LogP contribution in [0, 0.1) is 6.92 Å². The maximum Gasteiger partial charge on any atom is 0.207 e. The zero-order chi connectivity index (χ0) is 17.6. The first-order valence-corrected chi connectivity index (χ1v) is 7.21. The minimum atomic E-state index is -0.406. The molecule has 0 unspecified atom stereocenters. The van der Waals surface area contributed by atoms with Gasteiger partial charge in [-0.25, -0.2) is 0 Å². The van der Waals surface area contributed by atoms with Crippen LogP contribution in [-0.2, 0) is 0 Å². The quantitative estimate of drug-likeness (QED) is 0.795. The summed E-state index contributed by atoms with van der Waals surface area (Å²) in [6.45, 7) is 1.83. The fourth-order valence-electron chi connectivity index (χ4n) is 3.00. The van der Waals surface area contributed by atoms with Gasteiger partial charge in [-0.2, -0.15) is 0 Å². The van der Waals surface area contributed by atoms with Crippen molar-refractivity contribution in [3.05, 3.63) is 46.0 Å². The van der Waals surface area contributed by atoms with Crippen LogP contribution in [-0.4, -0.2) is 38.0 Å². The second-order valence-electron chi connectivity index (χ2n) is 5.41. The Morgan fingerprint density at radius 1 is 0.792 bits per heavy atom. The number of phenolic OH excluding ortho intramolecular Hbond substituents is 1. The molecule has 1 aliphatic rings. The van der Waals surface area contributed by atoms with E-state index in [1.807, 2.05) is 6.92 Å². The Labute approximate surface area is 138 Å². The predicted octanol–water partition coefficient (Wildman–Crippen LogP) is 2.50. The molecule has 0 fully saturated rings. The third-order valence-corrected chi connectivity index (χ3v) is 4.07. The summed E-state index contributed by atoms with van der Waals surface area (Å²) < 4.78 is 15.6. The second kappa shape index (κ2) is 5.56. The second-order valence-corrected chi connectivity index (χ2v) is 5.41. The van der Waals surface area contributed by atoms with E-state index in [4.69, 9.17) is 14.2 Å². The van der Waals surface area contributed by atoms with Crippen LogP contribution in [0.5, 0.6) is 23.0 Å². The van der Waals surface area contributed by atoms with E-state index >= 15 is 0 Å². The van der Waals surface area contributed by atoms with E-state index in [1.54, 1.807) is 18.2 Å². The van der Waals surface area contributed by atoms with Gasteiger partial charge < -0.3 is 19.3 Å². The molecule has 1 N–H and O–H groups in total. The molecular formula is C18H16O6. The zero-order valence-electron chi connectivity index (χ0n) is 13.7. The summed E-state index contributed by atoms with van der Waals surface area (Å²) in [7, 11) is 3.98. The molecule has 24 heavy (non-hydrogen) atoms. The van der Waals surface area contributed by atoms with Crippen LogP contribution in [0.15, 0.2) is 18.2 Å². The van der Waals surface area contributed by atoms with Crippen molar-refractivity contribution < 1.29 is 28.9 Å². The van der Waals surface area contributed by atoms with Gasteiger partial charge in [-0.3, -0.25) is 9.59 Å². The number of aromatic hydroxyl groups is 1. The van der Waals surface area contributed by atoms with E-state index in [2.05, 4.69) is 0 Å². The first kappa shape index (κ1) is 15.9. The first-order valence-electron chi connectivity index (χ1n) is 7.21. The number of hydrogen-bond acceptors (Lipinski definition) is 6. The minimum absolute atomic E-state index is 0.00961. The first-order chi connectivity index (χ1) is 11.5. The minimum Gasteiger partial charge on any atom is -0.502 e. The van der Waals surface area contributed by atoms with Crippen molar-refractivity contribution in [1.82, 2.24) is 0 Å². The van der Waals surface area contributed by atoms with E-state index in [0.29, 0.717) is 0 Å². The van der Waals surface area contributed by atoms with Gasteiger partial charge in [0.2, 0.25) is 11.5 Å². The van der Waals surface area contributed by atoms with Crippen molar-refractivity contribution in [2.45, 2.75) is 6.92 Å². The summed E-state index contributed by atoms with van der Waals surface area (Å²) in [4.78, 5) is 25.9. The van der Waals surface area contributed by atoms with Crippen LogP contribution in [0.4, 0.5) is 0 Å². The highest BCUT2D eigenvalue weighted by Gasteiger charge is 2.39. The molecule has 0 saturated carbocycles. The number of carbonyl (C=O) groups excluding carboxylic acids is 2. The average molecular weight is 328 g/mol. The Balaban J connectivity index is 2.45. The van der Waals surface area contributed by atoms with Gasteiger partial charge in [-0.15, -0.1) is 0 Å². The highest BCUT2D eigenvalue weighted by Crippen LogP contribution is 2.51. The molecule has 0 atom stereocenters. The van der Waals surface area contributed by atoms with Gasteiger partial charge in [-0.1, -0.05) is 17.7 Å². The van der Waals surface area contributed by atoms with E-state index in [9.17, 15) is 14.7 Å². The van der Waals surface area contributed by atoms with Gasteiger partial charge in [0.1, 0.15) is 0 Å². The van der Waals surface area contributed by atoms with Crippen molar-refractivity contribution in [2.24, 2.45) is 0 Å². The van der Waals surface area contributed by atoms with Crippen LogP contribution in [0.3, 0.4) is 0 Å². The number of carbonyl (C=O) groups is 2. The summed E-state index contributed by atoms with van der Waals surface area (Å²) in [5, 5.41) is 10.4. The standard InChI is InChI=1S/C18H16O6/c1-8-5-6-9-10(7-8)14(20)11-12(13(9)19)17(23-3)18(24-4)15(21)16(11)22-2/h5-7,21H,1-4H3. The lowest BCUT2D eigenvalue weighted by molar-refractivity contribution is 0.0972. The molecule has 0 radical (unpaired) electrons. The molecule has 0 aromatic heterocycles. The lowest BCUT2D eigenvalue weighted by Gasteiger charge is -2.24. The number of phenols is 1. The Morgan fingerprint density at radius 3 is 1.92 bits per heavy atom. The van der Waals surface area contributed by atoms with Gasteiger partial charge in [-0.05, 0) is 13.0 Å². The highest BCUT2D eigenvalue weighted by atomic mass is 16.5. The lowest BCUT2D eigenvalue weighted by Crippen LogP contribution is -2.23. The molecule has 1 aliphatic carbocycles. The van der Waals surface area contributed by atoms with Gasteiger partial charge >= 0.3 is 0 Å². The summed E-state index contributed by atoms with van der Waals surface area (Å²) in [6.07, 6.45) is 0. The smallest absolute Gasteiger partial charge is 0.207 e. The number of ether oxygens (including phenoxy) is 3. The molecule has 0 saturated heterocycles. The van der Waals surface area contributed by atoms with Crippen LogP contribution in [0.25, 0.3) is 0 Å². The fraction of sp³-hybridized carbons (Fsp3) is 0.222. The third-order valence-electron chi connectivity index (χ3n) is 4.07. The molecule has 6 heteroatoms. The molecular weight excluding hydrogens is 312 g/mol. The lowest BCUT2D eigenvalue weighted by atomic mass is 9.82. The largest absolute Gasteiger partial charge is 0.502 e. The van der Waals surface area contributed by atoms with E-state index in [1.165, 1.54) is 21.3 Å². The topological polar surface area (TPSA) is 82.1 Å². The Hall–Kier alpha value is -3.02. The number of rotatable bonds is 3. The normalized spacial score (nSPS) is 12.5. The Kier molecular flexibility index (Phi) is 3.67. The van der Waals surface area contributed by atoms with E-state index in [-0.39, 0.29) is 51.0 Å². The molecule has 0 heterocycles. The van der Waals surface area contributed by atoms with Gasteiger partial charge in [0.25, 0.3) is 0 Å². The molecule has 124 valence electrons. The Bertz CT molecular complexity index is 882. The molecule has 0 amide bonds. The van der Waals surface area contributed by atoms with Crippen molar-refractivity contribution in [1.29, 1.82) is 0 Å². The number of hydrogen-bond donors (Lipinski definition) is 1. The van der Waals surface area contributed by atoms with Gasteiger partial charge in [0, 0.05) is 11.1 Å². The SMILES string of the molecule is COc1c(O)c(OC)c2c(c1OC)C(=O)c1ccc(C)cc1C2=O. The number of fused-ring (bicyclic) bond motifs is 2. The maximum absolute atomic E-state index is 13.0. The van der Waals surface area contributed by atoms with Crippen molar-refractivity contribution in [2.75, 3.05) is 21.3 Å². The van der Waals surface area contributed by atoms with Crippen LogP contribution < -0.4 is 14.2 Å². The predicted molar refractivity (Wildman–Crippen MR) is 85.8 cm³/mol. The molecule has 6 nitrogen and oxygen atoms in total.